The quantitative estimate of drug-likeness (QED) is 0.169. The molecule has 3 aromatic rings. The van der Waals surface area contributed by atoms with E-state index in [1.54, 1.807) is 0 Å². The smallest absolute Gasteiger partial charge is 0.224 e. The second-order valence-corrected chi connectivity index (χ2v) is 19.1. The Labute approximate surface area is 239 Å². The molecule has 2 aliphatic heterocycles. The molecule has 0 bridgehead atoms. The molecule has 3 aromatic carbocycles. The second kappa shape index (κ2) is 10.2. The molecule has 0 aliphatic carbocycles. The van der Waals surface area contributed by atoms with Crippen molar-refractivity contribution in [2.24, 2.45) is 5.92 Å². The second-order valence-electron chi connectivity index (χ2n) is 12.7. The van der Waals surface area contributed by atoms with Gasteiger partial charge in [-0.15, -0.1) is 11.8 Å². The third-order valence-corrected chi connectivity index (χ3v) is 16.2. The number of carbonyl (C=O) groups excluding carboxylic acids is 1. The first kappa shape index (κ1) is 28.2. The molecule has 0 spiro atoms. The van der Waals surface area contributed by atoms with Gasteiger partial charge in [-0.3, -0.25) is 4.79 Å². The molecule has 0 radical (unpaired) electrons. The zero-order chi connectivity index (χ0) is 28.1. The summed E-state index contributed by atoms with van der Waals surface area (Å²) in [7, 11) is -2.21. The number of amides is 1. The molecule has 2 saturated heterocycles. The summed E-state index contributed by atoms with van der Waals surface area (Å²) in [5.74, 6) is -0.762. The summed E-state index contributed by atoms with van der Waals surface area (Å²) in [6, 6.07) is 32.2. The summed E-state index contributed by atoms with van der Waals surface area (Å²) >= 11 is 1.89. The molecular weight excluding hydrogens is 519 g/mol. The van der Waals surface area contributed by atoms with E-state index in [0.29, 0.717) is 6.61 Å². The van der Waals surface area contributed by atoms with E-state index in [2.05, 4.69) is 129 Å². The Morgan fingerprint density at radius 1 is 0.821 bits per heavy atom. The number of carbonyl (C=O) groups is 1. The first-order chi connectivity index (χ1) is 18.4. The molecule has 39 heavy (non-hydrogen) atoms. The van der Waals surface area contributed by atoms with E-state index in [9.17, 15) is 4.79 Å². The molecule has 4 nitrogen and oxygen atoms in total. The van der Waals surface area contributed by atoms with Gasteiger partial charge in [0.1, 0.15) is 0 Å². The van der Waals surface area contributed by atoms with Gasteiger partial charge in [-0.2, -0.15) is 0 Å². The summed E-state index contributed by atoms with van der Waals surface area (Å²) in [4.78, 5) is 14.2. The lowest BCUT2D eigenvalue weighted by atomic mass is 9.84. The molecule has 2 fully saturated rings. The molecule has 2 aliphatic rings. The summed E-state index contributed by atoms with van der Waals surface area (Å²) in [6.07, 6.45) is -0.272. The lowest BCUT2D eigenvalue weighted by Gasteiger charge is -2.60. The van der Waals surface area contributed by atoms with E-state index in [4.69, 9.17) is 9.47 Å². The number of β-lactam (4-membered cyclic amide) rings is 1. The molecule has 6 heteroatoms. The number of nitrogens with zero attached hydrogens (tertiary/aromatic N) is 1. The van der Waals surface area contributed by atoms with Gasteiger partial charge >= 0.3 is 0 Å². The van der Waals surface area contributed by atoms with Crippen LogP contribution in [0.3, 0.4) is 0 Å². The summed E-state index contributed by atoms with van der Waals surface area (Å²) < 4.78 is 14.1. The fourth-order valence-corrected chi connectivity index (χ4v) is 10.7. The molecular formula is C33H41NO3SSi. The van der Waals surface area contributed by atoms with E-state index >= 15 is 0 Å². The lowest BCUT2D eigenvalue weighted by molar-refractivity contribution is -0.166. The van der Waals surface area contributed by atoms with Crippen LogP contribution < -0.4 is 0 Å². The average Bonchev–Trinajstić information content (AvgIpc) is 3.25. The summed E-state index contributed by atoms with van der Waals surface area (Å²) in [6.45, 7) is 15.8. The molecule has 0 aromatic heterocycles. The highest BCUT2D eigenvalue weighted by Gasteiger charge is 2.63. The van der Waals surface area contributed by atoms with Gasteiger partial charge in [-0.05, 0) is 35.6 Å². The molecule has 0 saturated carbocycles. The third kappa shape index (κ3) is 4.90. The summed E-state index contributed by atoms with van der Waals surface area (Å²) in [5.41, 5.74) is 3.60. The largest absolute Gasteiger partial charge is 0.356 e. The minimum atomic E-state index is -2.21. The Kier molecular flexibility index (Phi) is 7.38. The van der Waals surface area contributed by atoms with Gasteiger partial charge in [0, 0.05) is 0 Å². The van der Waals surface area contributed by atoms with E-state index in [1.165, 1.54) is 16.7 Å². The highest BCUT2D eigenvalue weighted by molar-refractivity contribution is 8.01. The minimum Gasteiger partial charge on any atom is -0.356 e. The van der Waals surface area contributed by atoms with Crippen LogP contribution >= 0.6 is 11.8 Å². The Morgan fingerprint density at radius 2 is 1.26 bits per heavy atom. The van der Waals surface area contributed by atoms with Crippen molar-refractivity contribution in [1.82, 2.24) is 4.57 Å². The van der Waals surface area contributed by atoms with Crippen molar-refractivity contribution in [3.8, 4) is 0 Å². The van der Waals surface area contributed by atoms with Crippen LogP contribution in [0.15, 0.2) is 91.0 Å². The maximum absolute atomic E-state index is 14.2. The number of hydrogen-bond donors (Lipinski definition) is 0. The molecule has 206 valence electrons. The predicted octanol–water partition coefficient (Wildman–Crippen LogP) is 7.65. The zero-order valence-corrected chi connectivity index (χ0v) is 26.0. The van der Waals surface area contributed by atoms with E-state index in [1.807, 2.05) is 25.6 Å². The van der Waals surface area contributed by atoms with Crippen LogP contribution in [0.1, 0.15) is 51.3 Å². The van der Waals surface area contributed by atoms with Gasteiger partial charge < -0.3 is 14.0 Å². The normalized spacial score (nSPS) is 23.5. The Hall–Kier alpha value is -2.38. The van der Waals surface area contributed by atoms with Crippen LogP contribution in [0.2, 0.25) is 18.1 Å². The zero-order valence-electron chi connectivity index (χ0n) is 24.2. The van der Waals surface area contributed by atoms with Crippen molar-refractivity contribution in [2.45, 2.75) is 74.8 Å². The molecule has 5 rings (SSSR count). The van der Waals surface area contributed by atoms with Gasteiger partial charge in [0.05, 0.1) is 28.7 Å². The maximum Gasteiger partial charge on any atom is 0.224 e. The minimum absolute atomic E-state index is 0.00758. The van der Waals surface area contributed by atoms with Gasteiger partial charge in [-0.1, -0.05) is 125 Å². The SMILES string of the molecule is CC1(C)OCC(C2C(=O)N([Si](C)(C)C(C)(C)C)C2SC(c2ccccc2)(c2ccccc2)c2ccccc2)O1. The van der Waals surface area contributed by atoms with Crippen molar-refractivity contribution < 1.29 is 14.3 Å². The van der Waals surface area contributed by atoms with Crippen molar-refractivity contribution in [1.29, 1.82) is 0 Å². The van der Waals surface area contributed by atoms with Crippen LogP contribution in [0, 0.1) is 5.92 Å². The van der Waals surface area contributed by atoms with Crippen LogP contribution in [-0.4, -0.2) is 42.6 Å². The van der Waals surface area contributed by atoms with Crippen LogP contribution in [-0.2, 0) is 19.0 Å². The van der Waals surface area contributed by atoms with E-state index in [0.717, 1.165) is 0 Å². The number of hydrogen-bond acceptors (Lipinski definition) is 4. The van der Waals surface area contributed by atoms with Gasteiger partial charge in [0.2, 0.25) is 5.91 Å². The Bertz CT molecular complexity index is 1190. The van der Waals surface area contributed by atoms with Crippen molar-refractivity contribution in [2.75, 3.05) is 6.61 Å². The highest BCUT2D eigenvalue weighted by atomic mass is 32.2. The average molecular weight is 560 g/mol. The number of thioether (sulfide) groups is 1. The topological polar surface area (TPSA) is 38.8 Å². The first-order valence-electron chi connectivity index (χ1n) is 13.9. The summed E-state index contributed by atoms with van der Waals surface area (Å²) in [5, 5.41) is -0.0605. The Balaban J connectivity index is 1.70. The number of ether oxygens (including phenoxy) is 2. The highest BCUT2D eigenvalue weighted by Crippen LogP contribution is 2.58. The number of benzene rings is 3. The maximum atomic E-state index is 14.2. The van der Waals surface area contributed by atoms with Gasteiger partial charge in [0.25, 0.3) is 0 Å². The third-order valence-electron chi connectivity index (χ3n) is 8.79. The van der Waals surface area contributed by atoms with Crippen molar-refractivity contribution >= 4 is 25.9 Å². The van der Waals surface area contributed by atoms with E-state index in [-0.39, 0.29) is 28.3 Å². The fraction of sp³-hybridized carbons (Fsp3) is 0.424. The lowest BCUT2D eigenvalue weighted by Crippen LogP contribution is -2.74. The predicted molar refractivity (Wildman–Crippen MR) is 163 cm³/mol. The van der Waals surface area contributed by atoms with Crippen molar-refractivity contribution in [3.05, 3.63) is 108 Å². The van der Waals surface area contributed by atoms with Crippen LogP contribution in [0.25, 0.3) is 0 Å². The molecule has 1 amide bonds. The number of rotatable bonds is 7. The molecule has 0 N–H and O–H groups in total. The molecule has 2 heterocycles. The molecule has 3 atom stereocenters. The Morgan fingerprint density at radius 3 is 1.62 bits per heavy atom. The van der Waals surface area contributed by atoms with E-state index < -0.39 is 18.8 Å². The van der Waals surface area contributed by atoms with Gasteiger partial charge in [-0.25, -0.2) is 0 Å². The van der Waals surface area contributed by atoms with Crippen LogP contribution in [0.5, 0.6) is 0 Å². The standard InChI is InChI=1S/C33H41NO3SSi/c1-31(2,3)39(6,7)34-29(35)28(27-23-36-32(4,5)37-27)30(34)38-33(24-17-11-8-12-18-24,25-19-13-9-14-20-25)26-21-15-10-16-22-26/h8-22,27-28,30H,23H2,1-7H3. The monoisotopic (exact) mass is 559 g/mol. The molecule has 3 unspecified atom stereocenters. The fourth-order valence-electron chi connectivity index (χ4n) is 5.71. The first-order valence-corrected chi connectivity index (χ1v) is 17.7. The van der Waals surface area contributed by atoms with Gasteiger partial charge in [0.15, 0.2) is 14.0 Å². The van der Waals surface area contributed by atoms with Crippen LogP contribution in [0.4, 0.5) is 0 Å². The van der Waals surface area contributed by atoms with Crippen molar-refractivity contribution in [3.63, 3.8) is 0 Å².